The molecule has 0 amide bonds. The number of benzene rings is 1. The molecule has 1 heterocycles. The van der Waals surface area contributed by atoms with E-state index >= 15 is 0 Å². The van der Waals surface area contributed by atoms with Crippen LogP contribution in [0.5, 0.6) is 0 Å². The molecule has 0 spiro atoms. The normalized spacial score (nSPS) is 23.6. The van der Waals surface area contributed by atoms with Gasteiger partial charge in [-0.1, -0.05) is 30.3 Å². The van der Waals surface area contributed by atoms with Gasteiger partial charge in [-0.05, 0) is 51.1 Å². The van der Waals surface area contributed by atoms with Crippen LogP contribution in [0.4, 0.5) is 0 Å². The molecular weight excluding hydrogens is 319 g/mol. The van der Waals surface area contributed by atoms with Crippen LogP contribution in [0.25, 0.3) is 0 Å². The van der Waals surface area contributed by atoms with Crippen LogP contribution in [0.15, 0.2) is 30.3 Å². The van der Waals surface area contributed by atoms with Crippen molar-refractivity contribution in [1.29, 1.82) is 0 Å². The molecular formula is C12H17IOS. The molecule has 0 saturated carbocycles. The van der Waals surface area contributed by atoms with Crippen molar-refractivity contribution in [3.63, 3.8) is 0 Å². The average Bonchev–Trinajstić information content (AvgIpc) is 2.66. The molecule has 0 radical (unpaired) electrons. The van der Waals surface area contributed by atoms with Crippen molar-refractivity contribution >= 4 is 28.4 Å². The number of hydrogen-bond donors (Lipinski definition) is 1. The topological polar surface area (TPSA) is 20.2 Å². The van der Waals surface area contributed by atoms with E-state index in [0.717, 1.165) is 11.3 Å². The Hall–Kier alpha value is 0.260. The molecule has 1 N–H and O–H groups in total. The third kappa shape index (κ3) is 3.11. The molecule has 1 aromatic carbocycles. The van der Waals surface area contributed by atoms with Crippen molar-refractivity contribution in [2.24, 2.45) is 0 Å². The molecule has 1 unspecified atom stereocenters. The highest BCUT2D eigenvalue weighted by Gasteiger charge is 2.28. The lowest BCUT2D eigenvalue weighted by Gasteiger charge is -2.30. The van der Waals surface area contributed by atoms with E-state index in [-0.39, 0.29) is 6.10 Å². The van der Waals surface area contributed by atoms with Gasteiger partial charge in [0, 0.05) is 5.75 Å². The summed E-state index contributed by atoms with van der Waals surface area (Å²) in [6, 6.07) is 10.1. The van der Waals surface area contributed by atoms with Crippen molar-refractivity contribution < 1.29 is 5.11 Å². The Balaban J connectivity index is 2.00. The summed E-state index contributed by atoms with van der Waals surface area (Å²) < 4.78 is 0. The van der Waals surface area contributed by atoms with Crippen molar-refractivity contribution in [2.45, 2.75) is 18.9 Å². The molecule has 1 fully saturated rings. The van der Waals surface area contributed by atoms with Crippen LogP contribution in [-0.4, -0.2) is 22.4 Å². The molecule has 1 atom stereocenters. The van der Waals surface area contributed by atoms with E-state index in [1.165, 1.54) is 24.3 Å². The number of aliphatic hydroxyl groups is 1. The molecule has 2 rings (SSSR count). The molecule has 0 aliphatic carbocycles. The molecule has 1 aliphatic rings. The number of hydrogen-bond acceptors (Lipinski definition) is 1. The fourth-order valence-corrected chi connectivity index (χ4v) is 7.67. The molecule has 1 aliphatic heterocycles. The summed E-state index contributed by atoms with van der Waals surface area (Å²) in [5, 5.41) is 10.2. The van der Waals surface area contributed by atoms with E-state index in [2.05, 4.69) is 21.2 Å². The second kappa shape index (κ2) is 5.06. The fourth-order valence-electron chi connectivity index (χ4n) is 2.04. The maximum absolute atomic E-state index is 10.2. The highest BCUT2D eigenvalue weighted by molar-refractivity contribution is 14.2. The Morgan fingerprint density at radius 2 is 1.80 bits per heavy atom. The van der Waals surface area contributed by atoms with E-state index < -0.39 is 7.20 Å². The van der Waals surface area contributed by atoms with E-state index in [9.17, 15) is 5.11 Å². The third-order valence-electron chi connectivity index (χ3n) is 2.91. The summed E-state index contributed by atoms with van der Waals surface area (Å²) >= 11 is 2.63. The minimum Gasteiger partial charge on any atom is -0.388 e. The Bertz CT molecular complexity index is 309. The van der Waals surface area contributed by atoms with Crippen LogP contribution in [0.1, 0.15) is 24.5 Å². The maximum atomic E-state index is 10.2. The SMILES string of the molecule is OC(CS1(I)CCCC1)c1ccccc1. The second-order valence-corrected chi connectivity index (χ2v) is 12.8. The maximum Gasteiger partial charge on any atom is 0.0872 e. The van der Waals surface area contributed by atoms with Crippen molar-refractivity contribution in [2.75, 3.05) is 17.3 Å². The fraction of sp³-hybridized carbons (Fsp3) is 0.500. The molecule has 0 bridgehead atoms. The zero-order chi connectivity index (χ0) is 10.7. The van der Waals surface area contributed by atoms with Crippen LogP contribution in [0.2, 0.25) is 0 Å². The third-order valence-corrected chi connectivity index (χ3v) is 9.59. The summed E-state index contributed by atoms with van der Waals surface area (Å²) in [5.41, 5.74) is 1.08. The van der Waals surface area contributed by atoms with Gasteiger partial charge in [0.1, 0.15) is 0 Å². The first-order valence-electron chi connectivity index (χ1n) is 5.39. The van der Waals surface area contributed by atoms with E-state index in [1.54, 1.807) is 0 Å². The van der Waals surface area contributed by atoms with Gasteiger partial charge in [0.05, 0.1) is 6.10 Å². The summed E-state index contributed by atoms with van der Waals surface area (Å²) in [5.74, 6) is 3.67. The summed E-state index contributed by atoms with van der Waals surface area (Å²) in [6.45, 7) is 0. The number of halogens is 1. The number of rotatable bonds is 3. The van der Waals surface area contributed by atoms with Crippen molar-refractivity contribution in [3.8, 4) is 0 Å². The van der Waals surface area contributed by atoms with Crippen LogP contribution >= 0.6 is 28.4 Å². The highest BCUT2D eigenvalue weighted by Crippen LogP contribution is 2.62. The van der Waals surface area contributed by atoms with Gasteiger partial charge in [-0.2, -0.15) is 7.20 Å². The van der Waals surface area contributed by atoms with Gasteiger partial charge >= 0.3 is 0 Å². The second-order valence-electron chi connectivity index (χ2n) is 4.15. The minimum absolute atomic E-state index is 0.254. The van der Waals surface area contributed by atoms with Crippen LogP contribution in [0.3, 0.4) is 0 Å². The van der Waals surface area contributed by atoms with Crippen LogP contribution in [0, 0.1) is 0 Å². The molecule has 1 nitrogen and oxygen atoms in total. The average molecular weight is 336 g/mol. The van der Waals surface area contributed by atoms with Gasteiger partial charge in [-0.25, -0.2) is 0 Å². The molecule has 15 heavy (non-hydrogen) atoms. The predicted octanol–water partition coefficient (Wildman–Crippen LogP) is 3.67. The van der Waals surface area contributed by atoms with Crippen molar-refractivity contribution in [3.05, 3.63) is 35.9 Å². The largest absolute Gasteiger partial charge is 0.388 e. The first-order chi connectivity index (χ1) is 7.20. The summed E-state index contributed by atoms with van der Waals surface area (Å²) in [4.78, 5) is 0. The van der Waals surface area contributed by atoms with Gasteiger partial charge in [0.2, 0.25) is 0 Å². The first kappa shape index (κ1) is 11.7. The standard InChI is InChI=1S/C12H17IOS/c13-15(8-4-5-9-15)10-12(14)11-6-2-1-3-7-11/h1-3,6-7,12,14H,4-5,8-10H2. The van der Waals surface area contributed by atoms with Gasteiger partial charge in [-0.15, -0.1) is 0 Å². The van der Waals surface area contributed by atoms with Gasteiger partial charge in [0.25, 0.3) is 0 Å². The molecule has 1 saturated heterocycles. The lowest BCUT2D eigenvalue weighted by molar-refractivity contribution is 0.203. The lowest BCUT2D eigenvalue weighted by atomic mass is 10.1. The van der Waals surface area contributed by atoms with Crippen LogP contribution in [-0.2, 0) is 0 Å². The lowest BCUT2D eigenvalue weighted by Crippen LogP contribution is -2.09. The van der Waals surface area contributed by atoms with E-state index in [1.807, 2.05) is 30.3 Å². The Labute approximate surface area is 105 Å². The van der Waals surface area contributed by atoms with Gasteiger partial charge in [0.15, 0.2) is 0 Å². The monoisotopic (exact) mass is 336 g/mol. The summed E-state index contributed by atoms with van der Waals surface area (Å²) in [7, 11) is -0.531. The van der Waals surface area contributed by atoms with E-state index in [4.69, 9.17) is 0 Å². The van der Waals surface area contributed by atoms with E-state index in [0.29, 0.717) is 0 Å². The Kier molecular flexibility index (Phi) is 3.96. The van der Waals surface area contributed by atoms with Gasteiger partial charge in [-0.3, -0.25) is 0 Å². The minimum atomic E-state index is -0.531. The van der Waals surface area contributed by atoms with Crippen LogP contribution < -0.4 is 0 Å². The zero-order valence-electron chi connectivity index (χ0n) is 8.73. The number of aliphatic hydroxyl groups excluding tert-OH is 1. The quantitative estimate of drug-likeness (QED) is 0.835. The van der Waals surface area contributed by atoms with Crippen molar-refractivity contribution in [1.82, 2.24) is 0 Å². The molecule has 84 valence electrons. The molecule has 1 aromatic rings. The zero-order valence-corrected chi connectivity index (χ0v) is 11.7. The highest BCUT2D eigenvalue weighted by atomic mass is 127. The predicted molar refractivity (Wildman–Crippen MR) is 76.8 cm³/mol. The Morgan fingerprint density at radius 1 is 1.20 bits per heavy atom. The van der Waals surface area contributed by atoms with Gasteiger partial charge < -0.3 is 5.11 Å². The molecule has 0 aromatic heterocycles. The first-order valence-corrected chi connectivity index (χ1v) is 10.1. The molecule has 3 heteroatoms. The summed E-state index contributed by atoms with van der Waals surface area (Å²) in [6.07, 6.45) is 2.47. The smallest absolute Gasteiger partial charge is 0.0872 e. The Morgan fingerprint density at radius 3 is 2.40 bits per heavy atom.